The second kappa shape index (κ2) is 14.5. The van der Waals surface area contributed by atoms with Crippen molar-refractivity contribution in [2.24, 2.45) is 7.05 Å². The first-order valence-electron chi connectivity index (χ1n) is 23.2. The van der Waals surface area contributed by atoms with E-state index in [9.17, 15) is 0 Å². The van der Waals surface area contributed by atoms with Crippen LogP contribution in [-0.4, -0.2) is 6.71 Å². The number of anilines is 6. The molecule has 0 atom stereocenters. The van der Waals surface area contributed by atoms with E-state index >= 15 is 0 Å². The largest absolute Gasteiger partial charge is 0.311 e. The highest BCUT2D eigenvalue weighted by atomic mass is 32.2. The van der Waals surface area contributed by atoms with Gasteiger partial charge in [0.05, 0.1) is 11.4 Å². The lowest BCUT2D eigenvalue weighted by Crippen LogP contribution is -2.62. The van der Waals surface area contributed by atoms with Gasteiger partial charge in [0.2, 0.25) is 5.69 Å². The quantitative estimate of drug-likeness (QED) is 0.130. The molecule has 0 aliphatic carbocycles. The van der Waals surface area contributed by atoms with Crippen molar-refractivity contribution in [3.8, 4) is 22.4 Å². The summed E-state index contributed by atoms with van der Waals surface area (Å²) in [5.74, 6) is 0. The summed E-state index contributed by atoms with van der Waals surface area (Å²) < 4.78 is 2.23. The van der Waals surface area contributed by atoms with Crippen LogP contribution in [-0.2, 0) is 28.7 Å². The maximum atomic E-state index is 2.65. The van der Waals surface area contributed by atoms with Gasteiger partial charge in [0.1, 0.15) is 7.05 Å². The summed E-state index contributed by atoms with van der Waals surface area (Å²) in [4.78, 5) is 7.88. The first kappa shape index (κ1) is 42.4. The Morgan fingerprint density at radius 2 is 1.06 bits per heavy atom. The number of aromatic nitrogens is 1. The number of aryl methyl sites for hydroxylation is 2. The minimum atomic E-state index is -0.0401. The van der Waals surface area contributed by atoms with Crippen molar-refractivity contribution >= 4 is 69.0 Å². The minimum Gasteiger partial charge on any atom is -0.311 e. The third-order valence-electron chi connectivity index (χ3n) is 14.0. The molecule has 4 heterocycles. The topological polar surface area (TPSA) is 10.4 Å². The maximum Gasteiger partial charge on any atom is 0.252 e. The van der Waals surface area contributed by atoms with E-state index < -0.39 is 0 Å². The highest BCUT2D eigenvalue weighted by Gasteiger charge is 2.47. The van der Waals surface area contributed by atoms with E-state index in [0.29, 0.717) is 0 Å². The summed E-state index contributed by atoms with van der Waals surface area (Å²) in [6.45, 7) is 30.3. The molecule has 64 heavy (non-hydrogen) atoms. The number of pyridine rings is 1. The molecule has 0 bridgehead atoms. The molecule has 0 fully saturated rings. The van der Waals surface area contributed by atoms with Crippen molar-refractivity contribution in [2.45, 2.75) is 121 Å². The molecule has 7 aromatic rings. The second-order valence-corrected chi connectivity index (χ2v) is 23.9. The Kier molecular flexibility index (Phi) is 9.61. The van der Waals surface area contributed by atoms with Crippen LogP contribution in [0.4, 0.5) is 34.1 Å². The molecular weight excluding hydrogens is 794 g/mol. The molecule has 322 valence electrons. The van der Waals surface area contributed by atoms with Gasteiger partial charge >= 0.3 is 0 Å². The number of hydrogen-bond acceptors (Lipinski definition) is 3. The van der Waals surface area contributed by atoms with Gasteiger partial charge in [0.25, 0.3) is 6.71 Å². The molecule has 3 aliphatic heterocycles. The third-order valence-corrected chi connectivity index (χ3v) is 15.1. The Labute approximate surface area is 387 Å². The SMILES string of the molecule is Cc1ccc(-c2cc3c4c(c2)N2c5ccc(C(C)(C)C)cc5Sc5cc(C(C)(C)C)cc(c52)B4c2cc(C(C)(C)C)ccc2N3c2ccc(C(C)(C)C)cc2)cc1-c1cccc[n+]1C. The Balaban J connectivity index is 1.34. The molecular formula is C59H63BN3S+. The lowest BCUT2D eigenvalue weighted by atomic mass is 9.33. The molecule has 3 nitrogen and oxygen atoms in total. The zero-order chi connectivity index (χ0) is 45.4. The minimum absolute atomic E-state index is 0.0212. The van der Waals surface area contributed by atoms with E-state index in [2.05, 4.69) is 239 Å². The fourth-order valence-electron chi connectivity index (χ4n) is 10.1. The predicted octanol–water partition coefficient (Wildman–Crippen LogP) is 13.9. The smallest absolute Gasteiger partial charge is 0.252 e. The molecule has 0 saturated carbocycles. The lowest BCUT2D eigenvalue weighted by Gasteiger charge is -2.47. The Bertz CT molecular complexity index is 3040. The lowest BCUT2D eigenvalue weighted by molar-refractivity contribution is -0.660. The van der Waals surface area contributed by atoms with Gasteiger partial charge in [0, 0.05) is 50.2 Å². The molecule has 0 radical (unpaired) electrons. The molecule has 0 N–H and O–H groups in total. The molecule has 3 aliphatic rings. The van der Waals surface area contributed by atoms with Crippen LogP contribution >= 0.6 is 11.8 Å². The van der Waals surface area contributed by atoms with Gasteiger partial charge in [-0.05, 0) is 145 Å². The van der Waals surface area contributed by atoms with Crippen LogP contribution in [0.1, 0.15) is 111 Å². The van der Waals surface area contributed by atoms with Gasteiger partial charge in [-0.15, -0.1) is 0 Å². The highest BCUT2D eigenvalue weighted by molar-refractivity contribution is 7.99. The molecule has 0 unspecified atom stereocenters. The highest BCUT2D eigenvalue weighted by Crippen LogP contribution is 2.56. The molecule has 1 aromatic heterocycles. The number of fused-ring (bicyclic) bond motifs is 6. The van der Waals surface area contributed by atoms with Crippen LogP contribution in [0, 0.1) is 6.92 Å². The van der Waals surface area contributed by atoms with Crippen molar-refractivity contribution in [3.05, 3.63) is 155 Å². The van der Waals surface area contributed by atoms with Crippen molar-refractivity contribution in [1.82, 2.24) is 0 Å². The summed E-state index contributed by atoms with van der Waals surface area (Å²) in [5, 5.41) is 0. The molecule has 5 heteroatoms. The van der Waals surface area contributed by atoms with Crippen LogP contribution in [0.25, 0.3) is 22.4 Å². The average molecular weight is 857 g/mol. The summed E-state index contributed by atoms with van der Waals surface area (Å²) in [5.41, 5.74) is 23.2. The van der Waals surface area contributed by atoms with Gasteiger partial charge in [0.15, 0.2) is 6.20 Å². The molecule has 6 aromatic carbocycles. The van der Waals surface area contributed by atoms with Gasteiger partial charge in [-0.1, -0.05) is 143 Å². The van der Waals surface area contributed by atoms with Gasteiger partial charge in [-0.25, -0.2) is 4.57 Å². The van der Waals surface area contributed by atoms with E-state index in [0.717, 1.165) is 0 Å². The van der Waals surface area contributed by atoms with Crippen LogP contribution in [0.5, 0.6) is 0 Å². The average Bonchev–Trinajstić information content (AvgIpc) is 3.23. The first-order chi connectivity index (χ1) is 30.1. The number of hydrogen-bond donors (Lipinski definition) is 0. The molecule has 0 saturated heterocycles. The zero-order valence-corrected chi connectivity index (χ0v) is 41.3. The van der Waals surface area contributed by atoms with Crippen LogP contribution < -0.4 is 30.8 Å². The van der Waals surface area contributed by atoms with E-state index in [1.165, 1.54) is 111 Å². The summed E-state index contributed by atoms with van der Waals surface area (Å²) in [6.07, 6.45) is 2.15. The number of benzene rings is 6. The van der Waals surface area contributed by atoms with Crippen LogP contribution in [0.2, 0.25) is 0 Å². The predicted molar refractivity (Wildman–Crippen MR) is 276 cm³/mol. The number of nitrogens with zero attached hydrogens (tertiary/aromatic N) is 3. The number of rotatable bonds is 3. The Morgan fingerprint density at radius 3 is 1.70 bits per heavy atom. The normalized spacial score (nSPS) is 14.2. The van der Waals surface area contributed by atoms with Gasteiger partial charge in [-0.2, -0.15) is 0 Å². The van der Waals surface area contributed by atoms with E-state index in [1.807, 2.05) is 11.8 Å². The van der Waals surface area contributed by atoms with Crippen LogP contribution in [0.3, 0.4) is 0 Å². The van der Waals surface area contributed by atoms with E-state index in [4.69, 9.17) is 0 Å². The fourth-order valence-corrected chi connectivity index (χ4v) is 11.3. The monoisotopic (exact) mass is 856 g/mol. The van der Waals surface area contributed by atoms with Crippen molar-refractivity contribution in [1.29, 1.82) is 0 Å². The van der Waals surface area contributed by atoms with Gasteiger partial charge < -0.3 is 9.80 Å². The summed E-state index contributed by atoms with van der Waals surface area (Å²) in [6, 6.07) is 47.6. The molecule has 10 rings (SSSR count). The Morgan fingerprint density at radius 1 is 0.484 bits per heavy atom. The van der Waals surface area contributed by atoms with Crippen molar-refractivity contribution < 1.29 is 4.57 Å². The Hall–Kier alpha value is -5.52. The van der Waals surface area contributed by atoms with E-state index in [-0.39, 0.29) is 28.4 Å². The second-order valence-electron chi connectivity index (χ2n) is 22.8. The molecule has 0 spiro atoms. The summed E-state index contributed by atoms with van der Waals surface area (Å²) in [7, 11) is 2.15. The third kappa shape index (κ3) is 6.92. The summed E-state index contributed by atoms with van der Waals surface area (Å²) >= 11 is 1.96. The maximum absolute atomic E-state index is 2.65. The zero-order valence-electron chi connectivity index (χ0n) is 40.5. The van der Waals surface area contributed by atoms with Crippen molar-refractivity contribution in [2.75, 3.05) is 9.80 Å². The van der Waals surface area contributed by atoms with Crippen molar-refractivity contribution in [3.63, 3.8) is 0 Å². The van der Waals surface area contributed by atoms with E-state index in [1.54, 1.807) is 0 Å². The van der Waals surface area contributed by atoms with Gasteiger partial charge in [-0.3, -0.25) is 0 Å². The first-order valence-corrected chi connectivity index (χ1v) is 24.0. The standard InChI is InChI=1S/C59H63BN3S/c1-36-18-19-37(29-44(36)47-17-15-16-28-61(47)14)38-30-50-54-51(31-38)63-49-27-23-41(58(8,9)10)34-52(49)64-53-35-42(59(11,12)13)33-46(55(53)63)60(54)45-32-40(57(5,6)7)22-26-48(45)62(50)43-24-20-39(21-25-43)56(2,3)4/h15-35H,1-14H3/q+1. The molecule has 0 amide bonds. The van der Waals surface area contributed by atoms with Crippen LogP contribution in [0.15, 0.2) is 137 Å². The fraction of sp³-hybridized carbons (Fsp3) is 0.305.